The summed E-state index contributed by atoms with van der Waals surface area (Å²) in [5, 5.41) is 10.5. The van der Waals surface area contributed by atoms with Crippen molar-refractivity contribution >= 4 is 0 Å². The van der Waals surface area contributed by atoms with Crippen molar-refractivity contribution in [2.24, 2.45) is 0 Å². The average molecular weight is 174 g/mol. The van der Waals surface area contributed by atoms with Gasteiger partial charge in [-0.15, -0.1) is 0 Å². The lowest BCUT2D eigenvalue weighted by Gasteiger charge is -2.01. The summed E-state index contributed by atoms with van der Waals surface area (Å²) in [4.78, 5) is 0. The van der Waals surface area contributed by atoms with Crippen LogP contribution < -0.4 is 5.32 Å². The van der Waals surface area contributed by atoms with Gasteiger partial charge < -0.3 is 14.8 Å². The van der Waals surface area contributed by atoms with Crippen LogP contribution in [0.15, 0.2) is 0 Å². The Hall–Kier alpha value is -0.630. The smallest absolute Gasteiger partial charge is 0.0587 e. The minimum absolute atomic E-state index is 0.768. The van der Waals surface area contributed by atoms with Crippen LogP contribution in [0.5, 0.6) is 0 Å². The van der Waals surface area contributed by atoms with Crippen molar-refractivity contribution in [2.75, 3.05) is 40.5 Å². The molecule has 0 fully saturated rings. The van der Waals surface area contributed by atoms with E-state index in [0.29, 0.717) is 0 Å². The standard InChI is InChI=1S/C6H15NO2.C2H3N/c1-8-5-3-7-4-6-9-2;1-2-3/h7H,3-6H2,1-2H3;1H3. The molecule has 0 amide bonds. The van der Waals surface area contributed by atoms with E-state index in [1.807, 2.05) is 0 Å². The highest BCUT2D eigenvalue weighted by molar-refractivity contribution is 4.51. The second-order valence-electron chi connectivity index (χ2n) is 1.96. The highest BCUT2D eigenvalue weighted by Crippen LogP contribution is 1.65. The molecule has 0 aromatic heterocycles. The van der Waals surface area contributed by atoms with Gasteiger partial charge in [-0.25, -0.2) is 0 Å². The zero-order valence-corrected chi connectivity index (χ0v) is 8.09. The summed E-state index contributed by atoms with van der Waals surface area (Å²) >= 11 is 0. The quantitative estimate of drug-likeness (QED) is 0.592. The lowest BCUT2D eigenvalue weighted by atomic mass is 10.6. The molecule has 0 rings (SSSR count). The molecular formula is C8H18N2O2. The Morgan fingerprint density at radius 3 is 1.75 bits per heavy atom. The summed E-state index contributed by atoms with van der Waals surface area (Å²) in [7, 11) is 3.38. The Labute approximate surface area is 74.5 Å². The number of nitrogens with one attached hydrogen (secondary N) is 1. The fourth-order valence-electron chi connectivity index (χ4n) is 0.473. The minimum atomic E-state index is 0.768. The number of rotatable bonds is 6. The number of ether oxygens (including phenoxy) is 2. The molecule has 0 unspecified atom stereocenters. The van der Waals surface area contributed by atoms with Crippen molar-refractivity contribution < 1.29 is 9.47 Å². The first-order valence-corrected chi connectivity index (χ1v) is 3.82. The Bertz CT molecular complexity index is 95.7. The molecule has 12 heavy (non-hydrogen) atoms. The van der Waals surface area contributed by atoms with E-state index in [1.54, 1.807) is 20.3 Å². The molecule has 0 radical (unpaired) electrons. The summed E-state index contributed by atoms with van der Waals surface area (Å²) in [6, 6.07) is 1.75. The molecule has 0 atom stereocenters. The molecule has 0 spiro atoms. The zero-order chi connectivity index (χ0) is 9.66. The van der Waals surface area contributed by atoms with E-state index in [9.17, 15) is 0 Å². The first-order chi connectivity index (χ1) is 5.83. The topological polar surface area (TPSA) is 54.3 Å². The van der Waals surface area contributed by atoms with E-state index in [1.165, 1.54) is 6.92 Å². The summed E-state index contributed by atoms with van der Waals surface area (Å²) < 4.78 is 9.64. The molecule has 0 saturated heterocycles. The molecule has 0 aliphatic rings. The molecular weight excluding hydrogens is 156 g/mol. The lowest BCUT2D eigenvalue weighted by Crippen LogP contribution is -2.23. The SMILES string of the molecule is CC#N.COCCNCCOC. The van der Waals surface area contributed by atoms with Gasteiger partial charge in [-0.05, 0) is 0 Å². The van der Waals surface area contributed by atoms with E-state index in [4.69, 9.17) is 14.7 Å². The van der Waals surface area contributed by atoms with Crippen molar-refractivity contribution in [3.63, 3.8) is 0 Å². The maximum absolute atomic E-state index is 7.32. The van der Waals surface area contributed by atoms with Gasteiger partial charge in [0.1, 0.15) is 0 Å². The van der Waals surface area contributed by atoms with Gasteiger partial charge in [-0.1, -0.05) is 0 Å². The zero-order valence-electron chi connectivity index (χ0n) is 8.09. The highest BCUT2D eigenvalue weighted by Gasteiger charge is 1.83. The largest absolute Gasteiger partial charge is 0.383 e. The van der Waals surface area contributed by atoms with Gasteiger partial charge in [0.2, 0.25) is 0 Å². The van der Waals surface area contributed by atoms with Crippen molar-refractivity contribution in [3.05, 3.63) is 0 Å². The molecule has 1 N–H and O–H groups in total. The van der Waals surface area contributed by atoms with Crippen molar-refractivity contribution in [1.29, 1.82) is 5.26 Å². The number of nitriles is 1. The average Bonchev–Trinajstić information content (AvgIpc) is 2.06. The van der Waals surface area contributed by atoms with Crippen LogP contribution in [0.1, 0.15) is 6.92 Å². The van der Waals surface area contributed by atoms with E-state index >= 15 is 0 Å². The van der Waals surface area contributed by atoms with Crippen molar-refractivity contribution in [1.82, 2.24) is 5.32 Å². The third-order valence-corrected chi connectivity index (χ3v) is 0.966. The molecule has 0 bridgehead atoms. The van der Waals surface area contributed by atoms with Gasteiger partial charge in [-0.2, -0.15) is 5.26 Å². The van der Waals surface area contributed by atoms with Gasteiger partial charge in [0.05, 0.1) is 19.3 Å². The molecule has 72 valence electrons. The third-order valence-electron chi connectivity index (χ3n) is 0.966. The van der Waals surface area contributed by atoms with E-state index in [-0.39, 0.29) is 0 Å². The van der Waals surface area contributed by atoms with Gasteiger partial charge in [0, 0.05) is 34.2 Å². The molecule has 0 heterocycles. The highest BCUT2D eigenvalue weighted by atomic mass is 16.5. The first-order valence-electron chi connectivity index (χ1n) is 3.82. The molecule has 0 aliphatic carbocycles. The Kier molecular flexibility index (Phi) is 19.5. The van der Waals surface area contributed by atoms with Crippen LogP contribution in [0.3, 0.4) is 0 Å². The van der Waals surface area contributed by atoms with Crippen molar-refractivity contribution in [3.8, 4) is 6.07 Å². The van der Waals surface area contributed by atoms with E-state index in [2.05, 4.69) is 5.32 Å². The number of hydrogen-bond acceptors (Lipinski definition) is 4. The molecule has 4 nitrogen and oxygen atoms in total. The molecule has 0 aromatic carbocycles. The Balaban J connectivity index is 0. The maximum Gasteiger partial charge on any atom is 0.0587 e. The number of nitrogens with zero attached hydrogens (tertiary/aromatic N) is 1. The summed E-state index contributed by atoms with van der Waals surface area (Å²) in [5.41, 5.74) is 0. The molecule has 4 heteroatoms. The summed E-state index contributed by atoms with van der Waals surface area (Å²) in [6.45, 7) is 4.77. The monoisotopic (exact) mass is 174 g/mol. The fourth-order valence-corrected chi connectivity index (χ4v) is 0.473. The Morgan fingerprint density at radius 1 is 1.17 bits per heavy atom. The van der Waals surface area contributed by atoms with Crippen LogP contribution in [0.2, 0.25) is 0 Å². The predicted octanol–water partition coefficient (Wildman–Crippen LogP) is 0.399. The summed E-state index contributed by atoms with van der Waals surface area (Å²) in [5.74, 6) is 0. The second-order valence-corrected chi connectivity index (χ2v) is 1.96. The molecule has 0 saturated carbocycles. The molecule has 0 aliphatic heterocycles. The summed E-state index contributed by atoms with van der Waals surface area (Å²) in [6.07, 6.45) is 0. The number of methoxy groups -OCH3 is 2. The van der Waals surface area contributed by atoms with Crippen LogP contribution >= 0.6 is 0 Å². The van der Waals surface area contributed by atoms with Crippen LogP contribution in [0.4, 0.5) is 0 Å². The predicted molar refractivity (Wildman–Crippen MR) is 47.9 cm³/mol. The van der Waals surface area contributed by atoms with Gasteiger partial charge in [0.15, 0.2) is 0 Å². The normalized spacial score (nSPS) is 8.17. The fraction of sp³-hybridized carbons (Fsp3) is 0.875. The van der Waals surface area contributed by atoms with Gasteiger partial charge >= 0.3 is 0 Å². The van der Waals surface area contributed by atoms with Gasteiger partial charge in [-0.3, -0.25) is 0 Å². The van der Waals surface area contributed by atoms with Crippen LogP contribution in [-0.4, -0.2) is 40.5 Å². The third kappa shape index (κ3) is 22.8. The van der Waals surface area contributed by atoms with Crippen LogP contribution in [0.25, 0.3) is 0 Å². The first kappa shape index (κ1) is 13.9. The van der Waals surface area contributed by atoms with Crippen molar-refractivity contribution in [2.45, 2.75) is 6.92 Å². The lowest BCUT2D eigenvalue weighted by molar-refractivity contribution is 0.180. The second kappa shape index (κ2) is 16.8. The van der Waals surface area contributed by atoms with Crippen LogP contribution in [0, 0.1) is 11.3 Å². The van der Waals surface area contributed by atoms with E-state index < -0.39 is 0 Å². The van der Waals surface area contributed by atoms with Gasteiger partial charge in [0.25, 0.3) is 0 Å². The Morgan fingerprint density at radius 2 is 1.50 bits per heavy atom. The minimum Gasteiger partial charge on any atom is -0.383 e. The molecule has 0 aromatic rings. The number of hydrogen-bond donors (Lipinski definition) is 1. The maximum atomic E-state index is 7.32. The van der Waals surface area contributed by atoms with E-state index in [0.717, 1.165) is 26.3 Å². The van der Waals surface area contributed by atoms with Crippen LogP contribution in [-0.2, 0) is 9.47 Å².